The summed E-state index contributed by atoms with van der Waals surface area (Å²) in [5.74, 6) is -10.6. The fourth-order valence-corrected chi connectivity index (χ4v) is 8.76. The molecule has 0 aliphatic rings. The van der Waals surface area contributed by atoms with Crippen LogP contribution in [0.2, 0.25) is 0 Å². The number of benzene rings is 3. The highest BCUT2D eigenvalue weighted by Crippen LogP contribution is 2.13. The van der Waals surface area contributed by atoms with Crippen molar-refractivity contribution in [1.82, 2.24) is 42.5 Å². The van der Waals surface area contributed by atoms with Gasteiger partial charge in [-0.3, -0.25) is 43.2 Å². The summed E-state index contributed by atoms with van der Waals surface area (Å²) in [7, 11) is 0. The molecule has 9 atom stereocenters. The van der Waals surface area contributed by atoms with Gasteiger partial charge in [0.2, 0.25) is 47.3 Å². The molecule has 3 aromatic carbocycles. The van der Waals surface area contributed by atoms with Crippen molar-refractivity contribution in [3.8, 4) is 0 Å². The lowest BCUT2D eigenvalue weighted by Gasteiger charge is -2.28. The second-order valence-corrected chi connectivity index (χ2v) is 20.4. The van der Waals surface area contributed by atoms with Crippen molar-refractivity contribution < 1.29 is 58.2 Å². The second kappa shape index (κ2) is 36.2. The molecule has 25 heteroatoms. The number of hydrogen-bond donors (Lipinski definition) is 15. The van der Waals surface area contributed by atoms with Gasteiger partial charge in [-0.2, -0.15) is 25.3 Å². The zero-order valence-electron chi connectivity index (χ0n) is 45.1. The van der Waals surface area contributed by atoms with Gasteiger partial charge in [0.1, 0.15) is 48.3 Å². The third kappa shape index (κ3) is 24.5. The minimum absolute atomic E-state index is 0.0684. The molecule has 80 heavy (non-hydrogen) atoms. The standard InChI is InChI=1S/C55H79N11O12S2/c1-33(2)26-40(49(71)60-39(55(77)78)23-13-15-25-57)61-50(72)41(28-35-18-8-4-9-19-35)62-52(74)43(30-46(67)68)64-54(76)45(32-80)66-51(73)42(29-36-20-10-5-11-21-36)63-53(75)44(31-79)65-48(70)38(22-12-14-24-56)59-47(69)37(58)27-34-16-6-3-7-17-34/h3-11,16-21,33,37-45,79-80H,12-15,22-32,56-58H2,1-2H3,(H,59,69)(H,60,71)(H,61,72)(H,62,74)(H,63,75)(H,64,76)(H,65,70)(H,66,73)(H,67,68)(H,77,78)/t37-,38-,39-,40-,41-,42-,43-,44-,45-/m0/s1. The summed E-state index contributed by atoms with van der Waals surface area (Å²) in [6.45, 7) is 4.21. The second-order valence-electron chi connectivity index (χ2n) is 19.7. The van der Waals surface area contributed by atoms with Crippen molar-refractivity contribution in [2.75, 3.05) is 24.6 Å². The summed E-state index contributed by atoms with van der Waals surface area (Å²) >= 11 is 8.57. The Morgan fingerprint density at radius 3 is 1.15 bits per heavy atom. The smallest absolute Gasteiger partial charge is 0.326 e. The third-order valence-corrected chi connectivity index (χ3v) is 13.3. The first-order valence-corrected chi connectivity index (χ1v) is 27.8. The zero-order chi connectivity index (χ0) is 59.1. The number of carboxylic acids is 2. The van der Waals surface area contributed by atoms with E-state index in [1.807, 2.05) is 18.2 Å². The molecule has 0 unspecified atom stereocenters. The molecule has 0 aliphatic heterocycles. The van der Waals surface area contributed by atoms with E-state index in [-0.39, 0.29) is 50.2 Å². The first-order chi connectivity index (χ1) is 38.2. The summed E-state index contributed by atoms with van der Waals surface area (Å²) in [5, 5.41) is 40.2. The lowest BCUT2D eigenvalue weighted by atomic mass is 10.00. The van der Waals surface area contributed by atoms with Gasteiger partial charge in [-0.15, -0.1) is 0 Å². The number of unbranched alkanes of at least 4 members (excludes halogenated alkanes) is 2. The topological polar surface area (TPSA) is 385 Å². The predicted molar refractivity (Wildman–Crippen MR) is 307 cm³/mol. The molecule has 0 spiro atoms. The number of nitrogens with one attached hydrogen (secondary N) is 8. The number of amides is 8. The molecular formula is C55H79N11O12S2. The van der Waals surface area contributed by atoms with Gasteiger partial charge in [-0.25, -0.2) is 4.79 Å². The molecule has 0 radical (unpaired) electrons. The Labute approximate surface area is 477 Å². The van der Waals surface area contributed by atoms with Crippen LogP contribution in [0.4, 0.5) is 0 Å². The highest BCUT2D eigenvalue weighted by Gasteiger charge is 2.36. The van der Waals surface area contributed by atoms with E-state index >= 15 is 0 Å². The van der Waals surface area contributed by atoms with Crippen LogP contribution in [0.3, 0.4) is 0 Å². The molecule has 0 saturated carbocycles. The Kier molecular flexibility index (Phi) is 30.5. The SMILES string of the molecule is CC(C)C[C@H](NC(=O)[C@H](Cc1ccccc1)NC(=O)[C@H](CC(=O)O)NC(=O)[C@H](CS)NC(=O)[C@H](Cc1ccccc1)NC(=O)[C@H](CS)NC(=O)[C@H](CCCCN)NC(=O)[C@@H](N)Cc1ccccc1)C(=O)N[C@@H](CCCCN)C(=O)O. The van der Waals surface area contributed by atoms with E-state index in [4.69, 9.17) is 17.2 Å². The number of rotatable bonds is 37. The van der Waals surface area contributed by atoms with Crippen LogP contribution >= 0.6 is 25.3 Å². The maximum absolute atomic E-state index is 14.2. The summed E-state index contributed by atoms with van der Waals surface area (Å²) in [4.78, 5) is 135. The number of carboxylic acid groups (broad SMARTS) is 2. The fraction of sp³-hybridized carbons (Fsp3) is 0.491. The van der Waals surface area contributed by atoms with Gasteiger partial charge >= 0.3 is 11.9 Å². The van der Waals surface area contributed by atoms with E-state index in [2.05, 4.69) is 67.8 Å². The number of nitrogens with two attached hydrogens (primary N) is 3. The van der Waals surface area contributed by atoms with Gasteiger partial charge in [-0.1, -0.05) is 105 Å². The van der Waals surface area contributed by atoms with E-state index in [9.17, 15) is 58.2 Å². The molecule has 0 bridgehead atoms. The van der Waals surface area contributed by atoms with Crippen LogP contribution in [0.5, 0.6) is 0 Å². The Morgan fingerprint density at radius 1 is 0.425 bits per heavy atom. The fourth-order valence-electron chi connectivity index (χ4n) is 8.25. The van der Waals surface area contributed by atoms with Gasteiger partial charge in [-0.05, 0) is 87.1 Å². The van der Waals surface area contributed by atoms with Gasteiger partial charge in [0.05, 0.1) is 12.5 Å². The van der Waals surface area contributed by atoms with Crippen LogP contribution in [0.1, 0.15) is 81.9 Å². The van der Waals surface area contributed by atoms with Gasteiger partial charge < -0.3 is 69.9 Å². The number of carbonyl (C=O) groups is 10. The summed E-state index contributed by atoms with van der Waals surface area (Å²) in [5.41, 5.74) is 19.4. The minimum Gasteiger partial charge on any atom is -0.481 e. The van der Waals surface area contributed by atoms with E-state index in [1.165, 1.54) is 0 Å². The maximum Gasteiger partial charge on any atom is 0.326 e. The van der Waals surface area contributed by atoms with Crippen molar-refractivity contribution in [3.63, 3.8) is 0 Å². The summed E-state index contributed by atoms with van der Waals surface area (Å²) < 4.78 is 0. The average Bonchev–Trinajstić information content (AvgIpc) is 3.42. The molecule has 438 valence electrons. The predicted octanol–water partition coefficient (Wildman–Crippen LogP) is -0.357. The Balaban J connectivity index is 1.84. The minimum atomic E-state index is -1.85. The van der Waals surface area contributed by atoms with E-state index in [0.29, 0.717) is 49.9 Å². The molecule has 0 saturated heterocycles. The number of aliphatic carboxylic acids is 2. The van der Waals surface area contributed by atoms with Crippen molar-refractivity contribution in [1.29, 1.82) is 0 Å². The van der Waals surface area contributed by atoms with Crippen molar-refractivity contribution in [3.05, 3.63) is 108 Å². The number of thiol groups is 2. The Bertz CT molecular complexity index is 2480. The van der Waals surface area contributed by atoms with Crippen molar-refractivity contribution >= 4 is 84.5 Å². The molecule has 23 nitrogen and oxygen atoms in total. The monoisotopic (exact) mass is 1150 g/mol. The van der Waals surface area contributed by atoms with Gasteiger partial charge in [0, 0.05) is 24.3 Å². The summed E-state index contributed by atoms with van der Waals surface area (Å²) in [6, 6.07) is 13.6. The van der Waals surface area contributed by atoms with Crippen LogP contribution in [0.15, 0.2) is 91.0 Å². The molecule has 16 N–H and O–H groups in total. The lowest BCUT2D eigenvalue weighted by Crippen LogP contribution is -2.61. The molecule has 8 amide bonds. The van der Waals surface area contributed by atoms with Crippen LogP contribution < -0.4 is 59.7 Å². The highest BCUT2D eigenvalue weighted by molar-refractivity contribution is 7.80. The number of carbonyl (C=O) groups excluding carboxylic acids is 8. The molecule has 0 heterocycles. The number of hydrogen-bond acceptors (Lipinski definition) is 15. The van der Waals surface area contributed by atoms with Gasteiger partial charge in [0.15, 0.2) is 0 Å². The van der Waals surface area contributed by atoms with Gasteiger partial charge in [0.25, 0.3) is 0 Å². The molecule has 0 aromatic heterocycles. The normalized spacial score (nSPS) is 14.4. The Hall–Kier alpha value is -7.06. The first kappa shape index (κ1) is 67.2. The largest absolute Gasteiger partial charge is 0.481 e. The zero-order valence-corrected chi connectivity index (χ0v) is 46.9. The average molecular weight is 1150 g/mol. The molecule has 3 aromatic rings. The van der Waals surface area contributed by atoms with Crippen LogP contribution in [0.25, 0.3) is 0 Å². The van der Waals surface area contributed by atoms with E-state index in [1.54, 1.807) is 86.6 Å². The molecule has 0 aliphatic carbocycles. The molecular weight excluding hydrogens is 1070 g/mol. The highest BCUT2D eigenvalue weighted by atomic mass is 32.1. The van der Waals surface area contributed by atoms with E-state index in [0.717, 1.165) is 5.56 Å². The molecule has 3 rings (SSSR count). The summed E-state index contributed by atoms with van der Waals surface area (Å²) in [6.07, 6.45) is 1.13. The third-order valence-electron chi connectivity index (χ3n) is 12.6. The quantitative estimate of drug-likeness (QED) is 0.0259. The lowest BCUT2D eigenvalue weighted by molar-refractivity contribution is -0.142. The molecule has 0 fully saturated rings. The Morgan fingerprint density at radius 2 is 0.750 bits per heavy atom. The maximum atomic E-state index is 14.2. The van der Waals surface area contributed by atoms with Crippen molar-refractivity contribution in [2.45, 2.75) is 139 Å². The van der Waals surface area contributed by atoms with Crippen LogP contribution in [0, 0.1) is 5.92 Å². The van der Waals surface area contributed by atoms with Crippen molar-refractivity contribution in [2.24, 2.45) is 23.1 Å². The van der Waals surface area contributed by atoms with Crippen LogP contribution in [-0.2, 0) is 67.2 Å². The first-order valence-electron chi connectivity index (χ1n) is 26.6. The van der Waals surface area contributed by atoms with E-state index < -0.39 is 126 Å². The van der Waals surface area contributed by atoms with Crippen LogP contribution in [-0.4, -0.2) is 148 Å².